The summed E-state index contributed by atoms with van der Waals surface area (Å²) in [4.78, 5) is 12.8. The van der Waals surface area contributed by atoms with Crippen LogP contribution < -0.4 is 16.2 Å². The second kappa shape index (κ2) is 5.52. The molecule has 1 aromatic heterocycles. The molecule has 0 atom stereocenters. The quantitative estimate of drug-likeness (QED) is 0.778. The molecular formula is C18H18N4O. The van der Waals surface area contributed by atoms with Crippen molar-refractivity contribution in [3.05, 3.63) is 64.1 Å². The summed E-state index contributed by atoms with van der Waals surface area (Å²) in [5, 5.41) is 12.8. The van der Waals surface area contributed by atoms with Crippen molar-refractivity contribution in [3.8, 4) is 5.69 Å². The van der Waals surface area contributed by atoms with Gasteiger partial charge in [-0.2, -0.15) is 9.78 Å². The molecule has 5 heteroatoms. The minimum Gasteiger partial charge on any atom is -0.384 e. The maximum atomic E-state index is 12.8. The molecule has 2 N–H and O–H groups in total. The van der Waals surface area contributed by atoms with Gasteiger partial charge in [0.25, 0.3) is 5.56 Å². The molecule has 0 unspecified atom stereocenters. The Morgan fingerprint density at radius 2 is 2.04 bits per heavy atom. The van der Waals surface area contributed by atoms with Crippen LogP contribution in [0.4, 0.5) is 5.69 Å². The Morgan fingerprint density at radius 1 is 1.22 bits per heavy atom. The first kappa shape index (κ1) is 14.0. The lowest BCUT2D eigenvalue weighted by Gasteiger charge is -2.19. The maximum absolute atomic E-state index is 12.8. The monoisotopic (exact) mass is 306 g/mol. The molecule has 4 rings (SSSR count). The summed E-state index contributed by atoms with van der Waals surface area (Å²) in [5.74, 6) is 0. The SMILES string of the molecule is CNCc1ccc(-n2nc3c4c(cccc4c2=O)NCC3)cc1. The molecule has 0 saturated carbocycles. The van der Waals surface area contributed by atoms with E-state index in [-0.39, 0.29) is 5.56 Å². The Bertz CT molecular complexity index is 928. The number of hydrogen-bond acceptors (Lipinski definition) is 4. The number of nitrogens with one attached hydrogen (secondary N) is 2. The molecule has 0 saturated heterocycles. The van der Waals surface area contributed by atoms with Gasteiger partial charge in [0, 0.05) is 30.6 Å². The second-order valence-electron chi connectivity index (χ2n) is 5.77. The van der Waals surface area contributed by atoms with Gasteiger partial charge in [0.15, 0.2) is 0 Å². The fourth-order valence-electron chi connectivity index (χ4n) is 3.14. The molecule has 1 aliphatic heterocycles. The highest BCUT2D eigenvalue weighted by atomic mass is 16.1. The summed E-state index contributed by atoms with van der Waals surface area (Å²) in [6, 6.07) is 13.7. The molecule has 2 heterocycles. The Labute approximate surface area is 134 Å². The van der Waals surface area contributed by atoms with E-state index in [1.54, 1.807) is 0 Å². The van der Waals surface area contributed by atoms with Gasteiger partial charge in [0.05, 0.1) is 16.8 Å². The van der Waals surface area contributed by atoms with E-state index in [2.05, 4.69) is 15.7 Å². The van der Waals surface area contributed by atoms with Crippen LogP contribution in [0.15, 0.2) is 47.3 Å². The van der Waals surface area contributed by atoms with Gasteiger partial charge in [-0.3, -0.25) is 4.79 Å². The van der Waals surface area contributed by atoms with E-state index in [1.807, 2.05) is 49.5 Å². The molecule has 0 spiro atoms. The highest BCUT2D eigenvalue weighted by molar-refractivity contribution is 5.96. The van der Waals surface area contributed by atoms with Crippen LogP contribution in [-0.4, -0.2) is 23.4 Å². The van der Waals surface area contributed by atoms with Crippen LogP contribution in [-0.2, 0) is 13.0 Å². The zero-order chi connectivity index (χ0) is 15.8. The Hall–Kier alpha value is -2.66. The van der Waals surface area contributed by atoms with Crippen molar-refractivity contribution in [2.75, 3.05) is 18.9 Å². The average molecular weight is 306 g/mol. The van der Waals surface area contributed by atoms with Crippen molar-refractivity contribution in [3.63, 3.8) is 0 Å². The van der Waals surface area contributed by atoms with Crippen LogP contribution in [0.3, 0.4) is 0 Å². The van der Waals surface area contributed by atoms with Crippen molar-refractivity contribution in [1.82, 2.24) is 15.1 Å². The third-order valence-electron chi connectivity index (χ3n) is 4.24. The molecule has 0 radical (unpaired) electrons. The minimum atomic E-state index is -0.0735. The minimum absolute atomic E-state index is 0.0735. The Morgan fingerprint density at radius 3 is 2.83 bits per heavy atom. The van der Waals surface area contributed by atoms with Crippen LogP contribution in [0.1, 0.15) is 11.3 Å². The lowest BCUT2D eigenvalue weighted by Crippen LogP contribution is -2.26. The van der Waals surface area contributed by atoms with Crippen molar-refractivity contribution < 1.29 is 0 Å². The summed E-state index contributed by atoms with van der Waals surface area (Å²) in [5.41, 5.74) is 3.89. The van der Waals surface area contributed by atoms with Crippen LogP contribution >= 0.6 is 0 Å². The lowest BCUT2D eigenvalue weighted by atomic mass is 10.0. The first-order valence-electron chi connectivity index (χ1n) is 7.80. The van der Waals surface area contributed by atoms with Gasteiger partial charge in [-0.1, -0.05) is 18.2 Å². The molecule has 3 aromatic rings. The molecular weight excluding hydrogens is 288 g/mol. The fraction of sp³-hybridized carbons (Fsp3) is 0.222. The molecule has 1 aliphatic rings. The van der Waals surface area contributed by atoms with E-state index in [9.17, 15) is 4.79 Å². The number of aromatic nitrogens is 2. The molecule has 116 valence electrons. The van der Waals surface area contributed by atoms with E-state index < -0.39 is 0 Å². The predicted octanol–water partition coefficient (Wildman–Crippen LogP) is 2.07. The van der Waals surface area contributed by atoms with Gasteiger partial charge in [-0.15, -0.1) is 0 Å². The van der Waals surface area contributed by atoms with E-state index in [0.29, 0.717) is 0 Å². The zero-order valence-corrected chi connectivity index (χ0v) is 13.0. The summed E-state index contributed by atoms with van der Waals surface area (Å²) in [7, 11) is 1.92. The number of nitrogens with zero attached hydrogens (tertiary/aromatic N) is 2. The molecule has 0 fully saturated rings. The molecule has 5 nitrogen and oxygen atoms in total. The first-order chi connectivity index (χ1) is 11.3. The Kier molecular flexibility index (Phi) is 3.35. The number of anilines is 1. The normalized spacial score (nSPS) is 13.1. The maximum Gasteiger partial charge on any atom is 0.279 e. The fourth-order valence-corrected chi connectivity index (χ4v) is 3.14. The third kappa shape index (κ3) is 2.29. The first-order valence-corrected chi connectivity index (χ1v) is 7.80. The van der Waals surface area contributed by atoms with Gasteiger partial charge in [-0.25, -0.2) is 0 Å². The van der Waals surface area contributed by atoms with Gasteiger partial charge >= 0.3 is 0 Å². The van der Waals surface area contributed by atoms with Crippen molar-refractivity contribution in [1.29, 1.82) is 0 Å². The van der Waals surface area contributed by atoms with Gasteiger partial charge in [0.2, 0.25) is 0 Å². The van der Waals surface area contributed by atoms with Gasteiger partial charge in [-0.05, 0) is 36.9 Å². The zero-order valence-electron chi connectivity index (χ0n) is 13.0. The van der Waals surface area contributed by atoms with Crippen molar-refractivity contribution in [2.45, 2.75) is 13.0 Å². The summed E-state index contributed by atoms with van der Waals surface area (Å²) in [6.45, 7) is 1.65. The topological polar surface area (TPSA) is 59.0 Å². The largest absolute Gasteiger partial charge is 0.384 e. The second-order valence-corrected chi connectivity index (χ2v) is 5.77. The highest BCUT2D eigenvalue weighted by Crippen LogP contribution is 2.27. The predicted molar refractivity (Wildman–Crippen MR) is 92.3 cm³/mol. The smallest absolute Gasteiger partial charge is 0.279 e. The summed E-state index contributed by atoms with van der Waals surface area (Å²) < 4.78 is 1.52. The van der Waals surface area contributed by atoms with Crippen LogP contribution in [0.2, 0.25) is 0 Å². The van der Waals surface area contributed by atoms with Crippen LogP contribution in [0.5, 0.6) is 0 Å². The lowest BCUT2D eigenvalue weighted by molar-refractivity contribution is 0.767. The summed E-state index contributed by atoms with van der Waals surface area (Å²) in [6.07, 6.45) is 0.825. The standard InChI is InChI=1S/C18H18N4O/c1-19-11-12-5-7-13(8-6-12)22-18(23)14-3-2-4-15-17(14)16(21-22)9-10-20-15/h2-8,19-20H,9-11H2,1H3. The molecule has 0 amide bonds. The molecule has 0 aliphatic carbocycles. The van der Waals surface area contributed by atoms with Crippen molar-refractivity contribution >= 4 is 16.5 Å². The van der Waals surface area contributed by atoms with Crippen LogP contribution in [0, 0.1) is 0 Å². The van der Waals surface area contributed by atoms with Gasteiger partial charge < -0.3 is 10.6 Å². The average Bonchev–Trinajstić information content (AvgIpc) is 2.59. The molecule has 0 bridgehead atoms. The molecule has 23 heavy (non-hydrogen) atoms. The van der Waals surface area contributed by atoms with Crippen LogP contribution in [0.25, 0.3) is 16.5 Å². The van der Waals surface area contributed by atoms with E-state index in [0.717, 1.165) is 47.4 Å². The van der Waals surface area contributed by atoms with E-state index in [4.69, 9.17) is 0 Å². The van der Waals surface area contributed by atoms with Crippen molar-refractivity contribution in [2.24, 2.45) is 0 Å². The van der Waals surface area contributed by atoms with Gasteiger partial charge in [0.1, 0.15) is 0 Å². The molecule has 2 aromatic carbocycles. The highest BCUT2D eigenvalue weighted by Gasteiger charge is 2.17. The van der Waals surface area contributed by atoms with E-state index >= 15 is 0 Å². The number of hydrogen-bond donors (Lipinski definition) is 2. The number of rotatable bonds is 3. The number of benzene rings is 2. The summed E-state index contributed by atoms with van der Waals surface area (Å²) >= 11 is 0. The third-order valence-corrected chi connectivity index (χ3v) is 4.24. The Balaban J connectivity index is 1.91. The van der Waals surface area contributed by atoms with E-state index in [1.165, 1.54) is 10.2 Å².